The van der Waals surface area contributed by atoms with Gasteiger partial charge < -0.3 is 10.2 Å². The maximum Gasteiger partial charge on any atom is 0.0147 e. The molecular weight excluding hydrogens is 196 g/mol. The molecule has 0 aliphatic carbocycles. The second-order valence-corrected chi connectivity index (χ2v) is 6.47. The summed E-state index contributed by atoms with van der Waals surface area (Å²) in [5.74, 6) is 0.762. The van der Waals surface area contributed by atoms with Crippen LogP contribution in [0.3, 0.4) is 0 Å². The summed E-state index contributed by atoms with van der Waals surface area (Å²) in [6, 6.07) is 0. The van der Waals surface area contributed by atoms with Crippen molar-refractivity contribution in [1.82, 2.24) is 10.2 Å². The normalized spacial score (nSPS) is 27.0. The molecule has 1 aliphatic rings. The number of nitrogens with zero attached hydrogens (tertiary/aromatic N) is 1. The minimum atomic E-state index is 0.324. The first kappa shape index (κ1) is 14.0. The molecule has 0 aromatic carbocycles. The first-order chi connectivity index (χ1) is 7.34. The van der Waals surface area contributed by atoms with E-state index < -0.39 is 0 Å². The van der Waals surface area contributed by atoms with Crippen LogP contribution in [-0.2, 0) is 0 Å². The molecule has 0 amide bonds. The van der Waals surface area contributed by atoms with Crippen LogP contribution in [0.1, 0.15) is 47.5 Å². The molecule has 1 aliphatic heterocycles. The van der Waals surface area contributed by atoms with Crippen LogP contribution in [0.5, 0.6) is 0 Å². The fourth-order valence-electron chi connectivity index (χ4n) is 2.53. The second kappa shape index (κ2) is 5.05. The average Bonchev–Trinajstić information content (AvgIpc) is 2.67. The van der Waals surface area contributed by atoms with Crippen LogP contribution < -0.4 is 5.32 Å². The fourth-order valence-corrected chi connectivity index (χ4v) is 2.53. The molecule has 0 spiro atoms. The first-order valence-corrected chi connectivity index (χ1v) is 6.76. The van der Waals surface area contributed by atoms with Gasteiger partial charge in [0.05, 0.1) is 0 Å². The van der Waals surface area contributed by atoms with E-state index in [2.05, 4.69) is 51.9 Å². The molecule has 2 heteroatoms. The van der Waals surface area contributed by atoms with Gasteiger partial charge in [-0.3, -0.25) is 0 Å². The molecule has 96 valence electrons. The van der Waals surface area contributed by atoms with Crippen molar-refractivity contribution >= 4 is 0 Å². The maximum absolute atomic E-state index is 3.54. The number of rotatable bonds is 5. The number of hydrogen-bond donors (Lipinski definition) is 1. The van der Waals surface area contributed by atoms with Crippen LogP contribution in [0.4, 0.5) is 0 Å². The summed E-state index contributed by atoms with van der Waals surface area (Å²) in [5, 5.41) is 3.54. The van der Waals surface area contributed by atoms with Crippen molar-refractivity contribution in [3.05, 3.63) is 0 Å². The third kappa shape index (κ3) is 2.78. The minimum Gasteiger partial charge on any atom is -0.316 e. The van der Waals surface area contributed by atoms with E-state index in [4.69, 9.17) is 0 Å². The molecular formula is C14H30N2. The Morgan fingerprint density at radius 2 is 2.00 bits per heavy atom. The van der Waals surface area contributed by atoms with Gasteiger partial charge in [-0.25, -0.2) is 0 Å². The Balaban J connectivity index is 2.69. The highest BCUT2D eigenvalue weighted by atomic mass is 15.2. The Kier molecular flexibility index (Phi) is 4.42. The molecule has 1 fully saturated rings. The summed E-state index contributed by atoms with van der Waals surface area (Å²) in [6.45, 7) is 15.3. The summed E-state index contributed by atoms with van der Waals surface area (Å²) < 4.78 is 0. The lowest BCUT2D eigenvalue weighted by atomic mass is 9.75. The highest BCUT2D eigenvalue weighted by molar-refractivity contribution is 4.94. The molecule has 16 heavy (non-hydrogen) atoms. The van der Waals surface area contributed by atoms with Gasteiger partial charge in [0.15, 0.2) is 0 Å². The van der Waals surface area contributed by atoms with E-state index in [9.17, 15) is 0 Å². The Bertz CT molecular complexity index is 215. The summed E-state index contributed by atoms with van der Waals surface area (Å²) in [4.78, 5) is 2.56. The molecule has 0 aromatic heterocycles. The maximum atomic E-state index is 3.54. The predicted octanol–water partition coefficient (Wildman–Crippen LogP) is 2.74. The highest BCUT2D eigenvalue weighted by Crippen LogP contribution is 2.36. The molecule has 1 unspecified atom stereocenters. The van der Waals surface area contributed by atoms with Crippen LogP contribution in [0, 0.1) is 11.3 Å². The lowest BCUT2D eigenvalue weighted by Gasteiger charge is -2.43. The van der Waals surface area contributed by atoms with Gasteiger partial charge in [0.2, 0.25) is 0 Å². The average molecular weight is 226 g/mol. The molecule has 0 bridgehead atoms. The van der Waals surface area contributed by atoms with Crippen molar-refractivity contribution in [1.29, 1.82) is 0 Å². The molecule has 1 atom stereocenters. The van der Waals surface area contributed by atoms with Gasteiger partial charge in [-0.1, -0.05) is 20.8 Å². The number of nitrogens with one attached hydrogen (secondary N) is 1. The molecule has 1 saturated heterocycles. The zero-order valence-corrected chi connectivity index (χ0v) is 12.1. The van der Waals surface area contributed by atoms with E-state index in [1.807, 2.05) is 0 Å². The monoisotopic (exact) mass is 226 g/mol. The third-order valence-corrected chi connectivity index (χ3v) is 4.95. The molecule has 0 saturated carbocycles. The van der Waals surface area contributed by atoms with E-state index in [1.54, 1.807) is 0 Å². The molecule has 1 rings (SSSR count). The standard InChI is InChI=1S/C14H30N2/c1-7-13(4,5)16(6)11-14(12(2)3)8-9-15-10-14/h12,15H,7-11H2,1-6H3. The Morgan fingerprint density at radius 3 is 2.38 bits per heavy atom. The lowest BCUT2D eigenvalue weighted by Crippen LogP contribution is -2.49. The van der Waals surface area contributed by atoms with Gasteiger partial charge in [-0.2, -0.15) is 0 Å². The SMILES string of the molecule is CCC(C)(C)N(C)CC1(C(C)C)CCNC1. The highest BCUT2D eigenvalue weighted by Gasteiger charge is 2.39. The smallest absolute Gasteiger partial charge is 0.0147 e. The zero-order chi connectivity index (χ0) is 12.4. The molecule has 1 heterocycles. The van der Waals surface area contributed by atoms with Crippen LogP contribution in [-0.4, -0.2) is 37.1 Å². The summed E-state index contributed by atoms with van der Waals surface area (Å²) in [6.07, 6.45) is 2.54. The van der Waals surface area contributed by atoms with Crippen molar-refractivity contribution in [2.45, 2.75) is 53.0 Å². The van der Waals surface area contributed by atoms with E-state index in [1.165, 1.54) is 32.5 Å². The zero-order valence-electron chi connectivity index (χ0n) is 12.1. The lowest BCUT2D eigenvalue weighted by molar-refractivity contribution is 0.0645. The van der Waals surface area contributed by atoms with Crippen LogP contribution in [0.15, 0.2) is 0 Å². The van der Waals surface area contributed by atoms with Crippen molar-refractivity contribution in [2.75, 3.05) is 26.7 Å². The quantitative estimate of drug-likeness (QED) is 0.775. The van der Waals surface area contributed by atoms with Gasteiger partial charge in [-0.15, -0.1) is 0 Å². The summed E-state index contributed by atoms with van der Waals surface area (Å²) in [7, 11) is 2.28. The van der Waals surface area contributed by atoms with Gasteiger partial charge in [0, 0.05) is 18.6 Å². The Morgan fingerprint density at radius 1 is 1.38 bits per heavy atom. The van der Waals surface area contributed by atoms with Gasteiger partial charge >= 0.3 is 0 Å². The van der Waals surface area contributed by atoms with Gasteiger partial charge in [0.1, 0.15) is 0 Å². The minimum absolute atomic E-state index is 0.324. The number of hydrogen-bond acceptors (Lipinski definition) is 2. The molecule has 1 N–H and O–H groups in total. The van der Waals surface area contributed by atoms with Crippen LogP contribution in [0.25, 0.3) is 0 Å². The molecule has 0 radical (unpaired) electrons. The third-order valence-electron chi connectivity index (χ3n) is 4.95. The second-order valence-electron chi connectivity index (χ2n) is 6.47. The predicted molar refractivity (Wildman–Crippen MR) is 71.8 cm³/mol. The van der Waals surface area contributed by atoms with Gasteiger partial charge in [-0.05, 0) is 51.6 Å². The van der Waals surface area contributed by atoms with E-state index >= 15 is 0 Å². The Hall–Kier alpha value is -0.0800. The van der Waals surface area contributed by atoms with Crippen molar-refractivity contribution in [2.24, 2.45) is 11.3 Å². The largest absolute Gasteiger partial charge is 0.316 e. The first-order valence-electron chi connectivity index (χ1n) is 6.76. The van der Waals surface area contributed by atoms with Gasteiger partial charge in [0.25, 0.3) is 0 Å². The van der Waals surface area contributed by atoms with Crippen molar-refractivity contribution < 1.29 is 0 Å². The summed E-state index contributed by atoms with van der Waals surface area (Å²) in [5.41, 5.74) is 0.811. The van der Waals surface area contributed by atoms with E-state index in [0.29, 0.717) is 11.0 Å². The van der Waals surface area contributed by atoms with Crippen molar-refractivity contribution in [3.63, 3.8) is 0 Å². The van der Waals surface area contributed by atoms with Crippen molar-refractivity contribution in [3.8, 4) is 0 Å². The topological polar surface area (TPSA) is 15.3 Å². The molecule has 2 nitrogen and oxygen atoms in total. The van der Waals surface area contributed by atoms with E-state index in [-0.39, 0.29) is 0 Å². The van der Waals surface area contributed by atoms with E-state index in [0.717, 1.165) is 5.92 Å². The van der Waals surface area contributed by atoms with Crippen LogP contribution in [0.2, 0.25) is 0 Å². The Labute approximate surface area is 102 Å². The fraction of sp³-hybridized carbons (Fsp3) is 1.00. The summed E-state index contributed by atoms with van der Waals surface area (Å²) >= 11 is 0. The van der Waals surface area contributed by atoms with Crippen LogP contribution >= 0.6 is 0 Å². The molecule has 0 aromatic rings.